The van der Waals surface area contributed by atoms with E-state index < -0.39 is 13.8 Å². The summed E-state index contributed by atoms with van der Waals surface area (Å²) in [5, 5.41) is 0. The molecule has 0 saturated heterocycles. The van der Waals surface area contributed by atoms with Crippen LogP contribution >= 0.6 is 7.82 Å². The van der Waals surface area contributed by atoms with Crippen molar-refractivity contribution in [1.82, 2.24) is 0 Å². The second-order valence-electron chi connectivity index (χ2n) is 3.73. The number of carbonyl (C=O) groups is 1. The number of esters is 1. The smallest absolute Gasteiger partial charge is 0.456 e. The Hall–Kier alpha value is -0.860. The highest BCUT2D eigenvalue weighted by molar-refractivity contribution is 7.46. The normalized spacial score (nSPS) is 10.9. The standard InChI is InChI=1S/C11H19O6P/c1-2-11(12)16-9-7-5-3-4-6-8-10-17-18(13,14)15/h1H,3-10H2,(H2,13,14,15). The van der Waals surface area contributed by atoms with Crippen LogP contribution in [-0.4, -0.2) is 29.0 Å². The summed E-state index contributed by atoms with van der Waals surface area (Å²) < 4.78 is 19.3. The minimum absolute atomic E-state index is 0.0735. The summed E-state index contributed by atoms with van der Waals surface area (Å²) >= 11 is 0. The number of unbranched alkanes of at least 4 members (excludes halogenated alkanes) is 5. The molecular formula is C11H19O6P. The molecule has 0 aliphatic carbocycles. The fourth-order valence-corrected chi connectivity index (χ4v) is 1.67. The zero-order valence-electron chi connectivity index (χ0n) is 10.2. The van der Waals surface area contributed by atoms with Crippen LogP contribution in [0.3, 0.4) is 0 Å². The molecule has 0 radical (unpaired) electrons. The molecule has 0 bridgehead atoms. The van der Waals surface area contributed by atoms with Crippen molar-refractivity contribution >= 4 is 13.8 Å². The predicted octanol–water partition coefficient (Wildman–Crippen LogP) is 1.61. The summed E-state index contributed by atoms with van der Waals surface area (Å²) in [5.41, 5.74) is 0. The Kier molecular flexibility index (Phi) is 9.62. The maximum Gasteiger partial charge on any atom is 0.469 e. The van der Waals surface area contributed by atoms with Gasteiger partial charge in [-0.3, -0.25) is 4.52 Å². The third-order valence-electron chi connectivity index (χ3n) is 2.15. The average Bonchev–Trinajstić information content (AvgIpc) is 2.29. The third kappa shape index (κ3) is 13.2. The van der Waals surface area contributed by atoms with E-state index in [0.717, 1.165) is 32.1 Å². The lowest BCUT2D eigenvalue weighted by molar-refractivity contribution is -0.136. The number of rotatable bonds is 10. The van der Waals surface area contributed by atoms with Crippen LogP contribution in [-0.2, 0) is 18.6 Å². The predicted molar refractivity (Wildman–Crippen MR) is 65.5 cm³/mol. The monoisotopic (exact) mass is 278 g/mol. The third-order valence-corrected chi connectivity index (χ3v) is 2.67. The van der Waals surface area contributed by atoms with E-state index in [1.54, 1.807) is 0 Å². The van der Waals surface area contributed by atoms with Crippen molar-refractivity contribution in [3.63, 3.8) is 0 Å². The SMILES string of the molecule is C#CC(=O)OCCCCCCCCOP(=O)(O)O. The fraction of sp³-hybridized carbons (Fsp3) is 0.727. The summed E-state index contributed by atoms with van der Waals surface area (Å²) in [5.74, 6) is 1.23. The zero-order chi connectivity index (χ0) is 13.9. The first-order chi connectivity index (χ1) is 8.45. The van der Waals surface area contributed by atoms with E-state index in [0.29, 0.717) is 13.0 Å². The number of hydrogen-bond acceptors (Lipinski definition) is 4. The van der Waals surface area contributed by atoms with Crippen LogP contribution in [0.5, 0.6) is 0 Å². The van der Waals surface area contributed by atoms with Crippen molar-refractivity contribution in [1.29, 1.82) is 0 Å². The van der Waals surface area contributed by atoms with Crippen molar-refractivity contribution in [2.75, 3.05) is 13.2 Å². The van der Waals surface area contributed by atoms with E-state index >= 15 is 0 Å². The number of hydrogen-bond donors (Lipinski definition) is 2. The van der Waals surface area contributed by atoms with Crippen LogP contribution in [0.15, 0.2) is 0 Å². The molecule has 0 heterocycles. The minimum atomic E-state index is -4.31. The van der Waals surface area contributed by atoms with Gasteiger partial charge in [0.05, 0.1) is 13.2 Å². The molecule has 0 aromatic carbocycles. The summed E-state index contributed by atoms with van der Waals surface area (Å²) in [6.45, 7) is 0.411. The van der Waals surface area contributed by atoms with Gasteiger partial charge in [-0.1, -0.05) is 25.7 Å². The van der Waals surface area contributed by atoms with Crippen LogP contribution in [0.1, 0.15) is 38.5 Å². The highest BCUT2D eigenvalue weighted by Gasteiger charge is 2.12. The first-order valence-corrected chi connectivity index (χ1v) is 7.32. The van der Waals surface area contributed by atoms with Gasteiger partial charge in [0, 0.05) is 5.92 Å². The van der Waals surface area contributed by atoms with Crippen molar-refractivity contribution in [3.8, 4) is 12.3 Å². The number of carbonyl (C=O) groups excluding carboxylic acids is 1. The van der Waals surface area contributed by atoms with Gasteiger partial charge < -0.3 is 14.5 Å². The van der Waals surface area contributed by atoms with Gasteiger partial charge in [-0.15, -0.1) is 6.42 Å². The van der Waals surface area contributed by atoms with E-state index in [1.165, 1.54) is 0 Å². The summed E-state index contributed by atoms with van der Waals surface area (Å²) in [7, 11) is -4.31. The maximum atomic E-state index is 10.6. The molecule has 18 heavy (non-hydrogen) atoms. The van der Waals surface area contributed by atoms with Gasteiger partial charge in [0.15, 0.2) is 0 Å². The quantitative estimate of drug-likeness (QED) is 0.207. The van der Waals surface area contributed by atoms with Crippen LogP contribution in [0.2, 0.25) is 0 Å². The van der Waals surface area contributed by atoms with Gasteiger partial charge in [0.2, 0.25) is 0 Å². The average molecular weight is 278 g/mol. The van der Waals surface area contributed by atoms with E-state index in [9.17, 15) is 9.36 Å². The highest BCUT2D eigenvalue weighted by atomic mass is 31.2. The molecule has 0 aliphatic heterocycles. The van der Waals surface area contributed by atoms with Gasteiger partial charge in [-0.2, -0.15) is 0 Å². The minimum Gasteiger partial charge on any atom is -0.456 e. The number of phosphoric ester groups is 1. The molecule has 0 rings (SSSR count). The van der Waals surface area contributed by atoms with Crippen LogP contribution in [0, 0.1) is 12.3 Å². The molecule has 0 saturated carbocycles. The first-order valence-electron chi connectivity index (χ1n) is 5.79. The molecule has 104 valence electrons. The lowest BCUT2D eigenvalue weighted by Gasteiger charge is -2.05. The second kappa shape index (κ2) is 10.1. The number of phosphoric acid groups is 1. The van der Waals surface area contributed by atoms with Gasteiger partial charge >= 0.3 is 13.8 Å². The largest absolute Gasteiger partial charge is 0.469 e. The van der Waals surface area contributed by atoms with Crippen molar-refractivity contribution in [2.24, 2.45) is 0 Å². The summed E-state index contributed by atoms with van der Waals surface area (Å²) in [6, 6.07) is 0. The van der Waals surface area contributed by atoms with Crippen LogP contribution < -0.4 is 0 Å². The fourth-order valence-electron chi connectivity index (χ4n) is 1.30. The molecular weight excluding hydrogens is 259 g/mol. The highest BCUT2D eigenvalue weighted by Crippen LogP contribution is 2.35. The van der Waals surface area contributed by atoms with E-state index in [4.69, 9.17) is 20.9 Å². The van der Waals surface area contributed by atoms with Gasteiger partial charge in [0.25, 0.3) is 0 Å². The van der Waals surface area contributed by atoms with Crippen molar-refractivity contribution in [3.05, 3.63) is 0 Å². The molecule has 0 unspecified atom stereocenters. The molecule has 0 amide bonds. The Labute approximate surface area is 107 Å². The van der Waals surface area contributed by atoms with Gasteiger partial charge in [0.1, 0.15) is 0 Å². The first kappa shape index (κ1) is 17.1. The molecule has 6 nitrogen and oxygen atoms in total. The molecule has 0 atom stereocenters. The van der Waals surface area contributed by atoms with Gasteiger partial charge in [-0.05, 0) is 12.8 Å². The Morgan fingerprint density at radius 3 is 2.06 bits per heavy atom. The Morgan fingerprint density at radius 2 is 1.56 bits per heavy atom. The summed E-state index contributed by atoms with van der Waals surface area (Å²) in [6.07, 6.45) is 9.92. The van der Waals surface area contributed by atoms with Crippen molar-refractivity contribution < 1.29 is 28.4 Å². The summed E-state index contributed by atoms with van der Waals surface area (Å²) in [4.78, 5) is 27.4. The molecule has 0 aromatic rings. The van der Waals surface area contributed by atoms with Crippen LogP contribution in [0.4, 0.5) is 0 Å². The van der Waals surface area contributed by atoms with Gasteiger partial charge in [-0.25, -0.2) is 9.36 Å². The molecule has 0 aliphatic rings. The lowest BCUT2D eigenvalue weighted by atomic mass is 10.1. The molecule has 7 heteroatoms. The molecule has 0 spiro atoms. The molecule has 0 fully saturated rings. The van der Waals surface area contributed by atoms with Crippen molar-refractivity contribution in [2.45, 2.75) is 38.5 Å². The number of terminal acetylenes is 1. The Morgan fingerprint density at radius 1 is 1.06 bits per heavy atom. The van der Waals surface area contributed by atoms with E-state index in [2.05, 4.69) is 4.52 Å². The van der Waals surface area contributed by atoms with E-state index in [1.807, 2.05) is 5.92 Å². The zero-order valence-corrected chi connectivity index (χ0v) is 11.1. The maximum absolute atomic E-state index is 10.6. The van der Waals surface area contributed by atoms with E-state index in [-0.39, 0.29) is 6.61 Å². The number of ether oxygens (including phenoxy) is 1. The Balaban J connectivity index is 3.15. The molecule has 0 aromatic heterocycles. The molecule has 2 N–H and O–H groups in total. The topological polar surface area (TPSA) is 93.1 Å². The van der Waals surface area contributed by atoms with Crippen LogP contribution in [0.25, 0.3) is 0 Å². The lowest BCUT2D eigenvalue weighted by Crippen LogP contribution is -2.02. The Bertz CT molecular complexity index is 316. The second-order valence-corrected chi connectivity index (χ2v) is 4.96.